The average Bonchev–Trinajstić information content (AvgIpc) is 3.03. The van der Waals surface area contributed by atoms with Gasteiger partial charge in [0.1, 0.15) is 0 Å². The SMILES string of the molecule is CS(=O)(=O)NCCc1ccc(C(=O)N2CCN(CC(=O)N3CCCCCC3)CC2)cc1. The summed E-state index contributed by atoms with van der Waals surface area (Å²) in [5.74, 6) is 0.210. The lowest BCUT2D eigenvalue weighted by Gasteiger charge is -2.35. The maximum absolute atomic E-state index is 12.8. The van der Waals surface area contributed by atoms with Crippen LogP contribution in [0, 0.1) is 0 Å². The highest BCUT2D eigenvalue weighted by molar-refractivity contribution is 7.88. The second-order valence-corrected chi connectivity index (χ2v) is 10.3. The summed E-state index contributed by atoms with van der Waals surface area (Å²) in [7, 11) is -3.19. The number of amides is 2. The lowest BCUT2D eigenvalue weighted by Crippen LogP contribution is -2.51. The molecule has 0 atom stereocenters. The Morgan fingerprint density at radius 1 is 0.871 bits per heavy atom. The summed E-state index contributed by atoms with van der Waals surface area (Å²) in [5.41, 5.74) is 1.61. The Morgan fingerprint density at radius 3 is 2.06 bits per heavy atom. The van der Waals surface area contributed by atoms with Crippen LogP contribution in [-0.4, -0.2) is 93.5 Å². The number of carbonyl (C=O) groups is 2. The summed E-state index contributed by atoms with van der Waals surface area (Å²) < 4.78 is 24.7. The standard InChI is InChI=1S/C22H34N4O4S/c1-31(29,30)23-11-10-19-6-8-20(9-7-19)22(28)26-16-14-24(15-17-26)18-21(27)25-12-4-2-3-5-13-25/h6-9,23H,2-5,10-18H2,1H3. The van der Waals surface area contributed by atoms with Crippen LogP contribution in [-0.2, 0) is 21.2 Å². The molecule has 2 fully saturated rings. The van der Waals surface area contributed by atoms with Gasteiger partial charge in [-0.3, -0.25) is 14.5 Å². The second-order valence-electron chi connectivity index (χ2n) is 8.48. The molecule has 8 nitrogen and oxygen atoms in total. The van der Waals surface area contributed by atoms with E-state index in [2.05, 4.69) is 9.62 Å². The minimum Gasteiger partial charge on any atom is -0.342 e. The minimum atomic E-state index is -3.19. The van der Waals surface area contributed by atoms with Gasteiger partial charge in [-0.25, -0.2) is 13.1 Å². The van der Waals surface area contributed by atoms with E-state index in [1.54, 1.807) is 12.1 Å². The Morgan fingerprint density at radius 2 is 1.48 bits per heavy atom. The Hall–Kier alpha value is -1.97. The van der Waals surface area contributed by atoms with Crippen LogP contribution in [0.4, 0.5) is 0 Å². The van der Waals surface area contributed by atoms with Crippen LogP contribution >= 0.6 is 0 Å². The van der Waals surface area contributed by atoms with Gasteiger partial charge in [-0.15, -0.1) is 0 Å². The summed E-state index contributed by atoms with van der Waals surface area (Å²) in [4.78, 5) is 31.4. The number of hydrogen-bond donors (Lipinski definition) is 1. The molecule has 0 radical (unpaired) electrons. The zero-order chi connectivity index (χ0) is 22.3. The zero-order valence-electron chi connectivity index (χ0n) is 18.4. The van der Waals surface area contributed by atoms with Crippen LogP contribution in [0.2, 0.25) is 0 Å². The average molecular weight is 451 g/mol. The van der Waals surface area contributed by atoms with Crippen molar-refractivity contribution >= 4 is 21.8 Å². The maximum atomic E-state index is 12.8. The molecule has 1 aromatic rings. The first-order valence-electron chi connectivity index (χ1n) is 11.1. The van der Waals surface area contributed by atoms with Crippen LogP contribution in [0.1, 0.15) is 41.6 Å². The van der Waals surface area contributed by atoms with Crippen LogP contribution in [0.5, 0.6) is 0 Å². The monoisotopic (exact) mass is 450 g/mol. The first kappa shape index (κ1) is 23.7. The van der Waals surface area contributed by atoms with E-state index < -0.39 is 10.0 Å². The largest absolute Gasteiger partial charge is 0.342 e. The van der Waals surface area contributed by atoms with E-state index in [-0.39, 0.29) is 11.8 Å². The number of sulfonamides is 1. The smallest absolute Gasteiger partial charge is 0.253 e. The highest BCUT2D eigenvalue weighted by Crippen LogP contribution is 2.13. The van der Waals surface area contributed by atoms with Gasteiger partial charge in [0.2, 0.25) is 15.9 Å². The van der Waals surface area contributed by atoms with Gasteiger partial charge >= 0.3 is 0 Å². The van der Waals surface area contributed by atoms with Crippen LogP contribution in [0.15, 0.2) is 24.3 Å². The number of nitrogens with one attached hydrogen (secondary N) is 1. The Kier molecular flexibility index (Phi) is 8.45. The van der Waals surface area contributed by atoms with E-state index in [0.717, 1.165) is 37.8 Å². The predicted octanol–water partition coefficient (Wildman–Crippen LogP) is 0.939. The lowest BCUT2D eigenvalue weighted by atomic mass is 10.1. The van der Waals surface area contributed by atoms with Gasteiger partial charge < -0.3 is 9.80 Å². The van der Waals surface area contributed by atoms with Crippen molar-refractivity contribution in [2.75, 3.05) is 58.6 Å². The van der Waals surface area contributed by atoms with Gasteiger partial charge in [-0.2, -0.15) is 0 Å². The predicted molar refractivity (Wildman–Crippen MR) is 120 cm³/mol. The summed E-state index contributed by atoms with van der Waals surface area (Å²) in [6.07, 6.45) is 6.33. The summed E-state index contributed by atoms with van der Waals surface area (Å²) in [6, 6.07) is 7.33. The summed E-state index contributed by atoms with van der Waals surface area (Å²) >= 11 is 0. The van der Waals surface area contributed by atoms with Gasteiger partial charge in [0.25, 0.3) is 5.91 Å². The summed E-state index contributed by atoms with van der Waals surface area (Å²) in [5, 5.41) is 0. The van der Waals surface area contributed by atoms with Crippen LogP contribution < -0.4 is 4.72 Å². The molecule has 3 rings (SSSR count). The van der Waals surface area contributed by atoms with Crippen molar-refractivity contribution < 1.29 is 18.0 Å². The number of benzene rings is 1. The molecule has 1 N–H and O–H groups in total. The van der Waals surface area contributed by atoms with Crippen LogP contribution in [0.25, 0.3) is 0 Å². The van der Waals surface area contributed by atoms with Crippen molar-refractivity contribution in [3.8, 4) is 0 Å². The minimum absolute atomic E-state index is 0.000643. The molecule has 2 amide bonds. The molecule has 1 aromatic carbocycles. The molecule has 31 heavy (non-hydrogen) atoms. The van der Waals surface area contributed by atoms with E-state index in [1.807, 2.05) is 21.9 Å². The number of hydrogen-bond acceptors (Lipinski definition) is 5. The van der Waals surface area contributed by atoms with Crippen molar-refractivity contribution in [3.63, 3.8) is 0 Å². The Labute approximate surface area is 185 Å². The van der Waals surface area contributed by atoms with Gasteiger partial charge in [0, 0.05) is 51.4 Å². The molecular weight excluding hydrogens is 416 g/mol. The Bertz CT molecular complexity index is 841. The van der Waals surface area contributed by atoms with E-state index in [4.69, 9.17) is 0 Å². The topological polar surface area (TPSA) is 90.0 Å². The lowest BCUT2D eigenvalue weighted by molar-refractivity contribution is -0.132. The van der Waals surface area contributed by atoms with E-state index in [9.17, 15) is 18.0 Å². The number of rotatable bonds is 7. The zero-order valence-corrected chi connectivity index (χ0v) is 19.2. The fraction of sp³-hybridized carbons (Fsp3) is 0.636. The molecule has 0 bridgehead atoms. The fourth-order valence-corrected chi connectivity index (χ4v) is 4.57. The summed E-state index contributed by atoms with van der Waals surface area (Å²) in [6.45, 7) is 5.18. The highest BCUT2D eigenvalue weighted by Gasteiger charge is 2.25. The molecule has 0 saturated carbocycles. The van der Waals surface area contributed by atoms with Crippen molar-refractivity contribution in [2.24, 2.45) is 0 Å². The van der Waals surface area contributed by atoms with E-state index in [1.165, 1.54) is 12.8 Å². The molecule has 2 saturated heterocycles. The Balaban J connectivity index is 1.43. The molecule has 172 valence electrons. The highest BCUT2D eigenvalue weighted by atomic mass is 32.2. The molecule has 0 unspecified atom stereocenters. The van der Waals surface area contributed by atoms with Gasteiger partial charge in [0.15, 0.2) is 0 Å². The van der Waals surface area contributed by atoms with E-state index in [0.29, 0.717) is 51.3 Å². The number of likely N-dealkylation sites (tertiary alicyclic amines) is 1. The number of carbonyl (C=O) groups excluding carboxylic acids is 2. The van der Waals surface area contributed by atoms with E-state index >= 15 is 0 Å². The number of nitrogens with zero attached hydrogens (tertiary/aromatic N) is 3. The third-order valence-electron chi connectivity index (χ3n) is 5.96. The van der Waals surface area contributed by atoms with Gasteiger partial charge in [0.05, 0.1) is 12.8 Å². The number of piperazine rings is 1. The molecule has 0 aliphatic carbocycles. The van der Waals surface area contributed by atoms with Crippen molar-refractivity contribution in [3.05, 3.63) is 35.4 Å². The molecule has 0 spiro atoms. The normalized spacial score (nSPS) is 18.6. The quantitative estimate of drug-likeness (QED) is 0.668. The maximum Gasteiger partial charge on any atom is 0.253 e. The third-order valence-corrected chi connectivity index (χ3v) is 6.68. The van der Waals surface area contributed by atoms with Gasteiger partial charge in [-0.05, 0) is 37.0 Å². The fourth-order valence-electron chi connectivity index (χ4n) is 4.10. The van der Waals surface area contributed by atoms with Crippen molar-refractivity contribution in [2.45, 2.75) is 32.1 Å². The molecule has 2 heterocycles. The molecule has 0 aromatic heterocycles. The van der Waals surface area contributed by atoms with Gasteiger partial charge in [-0.1, -0.05) is 25.0 Å². The molecule has 2 aliphatic rings. The van der Waals surface area contributed by atoms with Crippen molar-refractivity contribution in [1.29, 1.82) is 0 Å². The first-order chi connectivity index (χ1) is 14.8. The molecule has 9 heteroatoms. The first-order valence-corrected chi connectivity index (χ1v) is 13.0. The third kappa shape index (κ3) is 7.59. The van der Waals surface area contributed by atoms with Crippen LogP contribution in [0.3, 0.4) is 0 Å². The molecular formula is C22H34N4O4S. The second kappa shape index (κ2) is 11.1. The van der Waals surface area contributed by atoms with Crippen molar-refractivity contribution in [1.82, 2.24) is 19.4 Å². The molecule has 2 aliphatic heterocycles.